The molecule has 0 fully saturated rings. The predicted octanol–water partition coefficient (Wildman–Crippen LogP) is 3.47. The first-order chi connectivity index (χ1) is 9.60. The molecule has 4 heteroatoms. The molecule has 20 heavy (non-hydrogen) atoms. The van der Waals surface area contributed by atoms with Crippen LogP contribution >= 0.6 is 0 Å². The Kier molecular flexibility index (Phi) is 4.25. The van der Waals surface area contributed by atoms with Crippen LogP contribution in [0.15, 0.2) is 42.5 Å². The van der Waals surface area contributed by atoms with E-state index in [9.17, 15) is 0 Å². The van der Waals surface area contributed by atoms with E-state index in [0.717, 1.165) is 16.9 Å². The second-order valence-electron chi connectivity index (χ2n) is 4.40. The zero-order chi connectivity index (χ0) is 14.5. The van der Waals surface area contributed by atoms with Gasteiger partial charge in [0.15, 0.2) is 0 Å². The molecule has 2 aromatic carbocycles. The van der Waals surface area contributed by atoms with Crippen LogP contribution in [0.25, 0.3) is 0 Å². The highest BCUT2D eigenvalue weighted by atomic mass is 16.5. The maximum absolute atomic E-state index is 7.46. The number of amidine groups is 1. The lowest BCUT2D eigenvalue weighted by molar-refractivity contribution is 0.338. The van der Waals surface area contributed by atoms with Gasteiger partial charge < -0.3 is 15.2 Å². The van der Waals surface area contributed by atoms with Crippen LogP contribution in [0.2, 0.25) is 0 Å². The Balaban J connectivity index is 2.19. The number of rotatable bonds is 5. The zero-order valence-electron chi connectivity index (χ0n) is 11.6. The van der Waals surface area contributed by atoms with E-state index >= 15 is 0 Å². The third-order valence-corrected chi connectivity index (χ3v) is 2.84. The minimum atomic E-state index is 0.0624. The molecule has 2 rings (SSSR count). The summed E-state index contributed by atoms with van der Waals surface area (Å²) in [7, 11) is 0. The molecular weight excluding hydrogens is 252 g/mol. The SMILES string of the molecule is CCOc1cccc(Oc2ccc(C(=N)N)c(C)c2)c1. The fourth-order valence-corrected chi connectivity index (χ4v) is 1.93. The first-order valence-corrected chi connectivity index (χ1v) is 6.46. The van der Waals surface area contributed by atoms with E-state index < -0.39 is 0 Å². The number of nitrogens with one attached hydrogen (secondary N) is 1. The van der Waals surface area contributed by atoms with Gasteiger partial charge in [0.2, 0.25) is 0 Å². The van der Waals surface area contributed by atoms with Crippen LogP contribution in [0.3, 0.4) is 0 Å². The smallest absolute Gasteiger partial charge is 0.131 e. The molecule has 0 aliphatic rings. The highest BCUT2D eigenvalue weighted by Gasteiger charge is 2.05. The van der Waals surface area contributed by atoms with E-state index in [0.29, 0.717) is 18.1 Å². The standard InChI is InChI=1S/C16H18N2O2/c1-3-19-12-5-4-6-13(10-12)20-14-7-8-15(16(17)18)11(2)9-14/h4-10H,3H2,1-2H3,(H3,17,18). The molecule has 0 radical (unpaired) electrons. The summed E-state index contributed by atoms with van der Waals surface area (Å²) in [5.74, 6) is 2.27. The maximum Gasteiger partial charge on any atom is 0.131 e. The van der Waals surface area contributed by atoms with E-state index in [1.165, 1.54) is 0 Å². The van der Waals surface area contributed by atoms with E-state index in [4.69, 9.17) is 20.6 Å². The van der Waals surface area contributed by atoms with Crippen molar-refractivity contribution < 1.29 is 9.47 Å². The normalized spacial score (nSPS) is 10.1. The topological polar surface area (TPSA) is 68.3 Å². The number of benzene rings is 2. The first-order valence-electron chi connectivity index (χ1n) is 6.46. The van der Waals surface area contributed by atoms with Gasteiger partial charge in [-0.2, -0.15) is 0 Å². The molecule has 104 valence electrons. The van der Waals surface area contributed by atoms with E-state index in [1.807, 2.05) is 44.2 Å². The number of ether oxygens (including phenoxy) is 2. The second-order valence-corrected chi connectivity index (χ2v) is 4.40. The average Bonchev–Trinajstić information content (AvgIpc) is 2.39. The van der Waals surface area contributed by atoms with Crippen molar-refractivity contribution in [2.24, 2.45) is 5.73 Å². The molecule has 3 N–H and O–H groups in total. The summed E-state index contributed by atoms with van der Waals surface area (Å²) in [4.78, 5) is 0. The zero-order valence-corrected chi connectivity index (χ0v) is 11.6. The van der Waals surface area contributed by atoms with Gasteiger partial charge in [-0.1, -0.05) is 6.07 Å². The molecule has 0 heterocycles. The minimum Gasteiger partial charge on any atom is -0.494 e. The van der Waals surface area contributed by atoms with E-state index in [2.05, 4.69) is 0 Å². The fraction of sp³-hybridized carbons (Fsp3) is 0.188. The van der Waals surface area contributed by atoms with Gasteiger partial charge in [-0.15, -0.1) is 0 Å². The molecule has 0 amide bonds. The Bertz CT molecular complexity index is 624. The van der Waals surface area contributed by atoms with Crippen molar-refractivity contribution in [2.75, 3.05) is 6.61 Å². The molecule has 2 aromatic rings. The Morgan fingerprint density at radius 1 is 1.10 bits per heavy atom. The van der Waals surface area contributed by atoms with Gasteiger partial charge in [0.05, 0.1) is 6.61 Å². The van der Waals surface area contributed by atoms with Gasteiger partial charge >= 0.3 is 0 Å². The molecule has 0 saturated heterocycles. The van der Waals surface area contributed by atoms with Gasteiger partial charge in [0.1, 0.15) is 23.1 Å². The molecule has 0 atom stereocenters. The number of nitrogen functional groups attached to an aromatic ring is 1. The van der Waals surface area contributed by atoms with Crippen LogP contribution in [-0.4, -0.2) is 12.4 Å². The van der Waals surface area contributed by atoms with Crippen LogP contribution in [0.1, 0.15) is 18.1 Å². The summed E-state index contributed by atoms with van der Waals surface area (Å²) in [6, 6.07) is 13.0. The molecule has 0 aromatic heterocycles. The number of hydrogen-bond donors (Lipinski definition) is 2. The summed E-state index contributed by atoms with van der Waals surface area (Å²) in [5.41, 5.74) is 7.13. The number of nitrogens with two attached hydrogens (primary N) is 1. The van der Waals surface area contributed by atoms with E-state index in [-0.39, 0.29) is 5.84 Å². The molecular formula is C16H18N2O2. The van der Waals surface area contributed by atoms with Crippen LogP contribution in [0.4, 0.5) is 0 Å². The van der Waals surface area contributed by atoms with Crippen molar-refractivity contribution >= 4 is 5.84 Å². The molecule has 0 saturated carbocycles. The average molecular weight is 270 g/mol. The molecule has 4 nitrogen and oxygen atoms in total. The Hall–Kier alpha value is -2.49. The second kappa shape index (κ2) is 6.10. The largest absolute Gasteiger partial charge is 0.494 e. The summed E-state index contributed by atoms with van der Waals surface area (Å²) in [6.07, 6.45) is 0. The summed E-state index contributed by atoms with van der Waals surface area (Å²) in [5, 5.41) is 7.46. The third kappa shape index (κ3) is 3.29. The lowest BCUT2D eigenvalue weighted by Gasteiger charge is -2.10. The van der Waals surface area contributed by atoms with Crippen LogP contribution < -0.4 is 15.2 Å². The summed E-state index contributed by atoms with van der Waals surface area (Å²) in [6.45, 7) is 4.47. The van der Waals surface area contributed by atoms with Crippen LogP contribution in [0, 0.1) is 12.3 Å². The van der Waals surface area contributed by atoms with Gasteiger partial charge in [-0.3, -0.25) is 5.41 Å². The molecule has 0 aliphatic carbocycles. The van der Waals surface area contributed by atoms with Gasteiger partial charge in [0.25, 0.3) is 0 Å². The quantitative estimate of drug-likeness (QED) is 0.645. The number of hydrogen-bond acceptors (Lipinski definition) is 3. The van der Waals surface area contributed by atoms with Crippen molar-refractivity contribution in [3.05, 3.63) is 53.6 Å². The van der Waals surface area contributed by atoms with Gasteiger partial charge in [-0.25, -0.2) is 0 Å². The fourth-order valence-electron chi connectivity index (χ4n) is 1.93. The summed E-state index contributed by atoms with van der Waals surface area (Å²) < 4.78 is 11.2. The molecule has 0 spiro atoms. The highest BCUT2D eigenvalue weighted by molar-refractivity contribution is 5.96. The van der Waals surface area contributed by atoms with Crippen LogP contribution in [-0.2, 0) is 0 Å². The highest BCUT2D eigenvalue weighted by Crippen LogP contribution is 2.26. The monoisotopic (exact) mass is 270 g/mol. The lowest BCUT2D eigenvalue weighted by atomic mass is 10.1. The van der Waals surface area contributed by atoms with Crippen LogP contribution in [0.5, 0.6) is 17.2 Å². The predicted molar refractivity (Wildman–Crippen MR) is 79.9 cm³/mol. The molecule has 0 bridgehead atoms. The summed E-state index contributed by atoms with van der Waals surface area (Å²) >= 11 is 0. The minimum absolute atomic E-state index is 0.0624. The third-order valence-electron chi connectivity index (χ3n) is 2.84. The van der Waals surface area contributed by atoms with Crippen molar-refractivity contribution in [3.8, 4) is 17.2 Å². The Labute approximate surface area is 118 Å². The molecule has 0 unspecified atom stereocenters. The van der Waals surface area contributed by atoms with Crippen molar-refractivity contribution in [3.63, 3.8) is 0 Å². The molecule has 0 aliphatic heterocycles. The van der Waals surface area contributed by atoms with Gasteiger partial charge in [-0.05, 0) is 49.7 Å². The van der Waals surface area contributed by atoms with Gasteiger partial charge in [0, 0.05) is 11.6 Å². The first kappa shape index (κ1) is 13.9. The Morgan fingerprint density at radius 3 is 2.45 bits per heavy atom. The number of aryl methyl sites for hydroxylation is 1. The van der Waals surface area contributed by atoms with E-state index in [1.54, 1.807) is 12.1 Å². The maximum atomic E-state index is 7.46. The van der Waals surface area contributed by atoms with Crippen molar-refractivity contribution in [1.29, 1.82) is 5.41 Å². The lowest BCUT2D eigenvalue weighted by Crippen LogP contribution is -2.12. The van der Waals surface area contributed by atoms with Crippen molar-refractivity contribution in [1.82, 2.24) is 0 Å². The van der Waals surface area contributed by atoms with Crippen molar-refractivity contribution in [2.45, 2.75) is 13.8 Å². The Morgan fingerprint density at radius 2 is 1.80 bits per heavy atom.